The van der Waals surface area contributed by atoms with E-state index in [2.05, 4.69) is 0 Å². The van der Waals surface area contributed by atoms with Crippen LogP contribution in [-0.2, 0) is 9.47 Å². The highest BCUT2D eigenvalue weighted by Crippen LogP contribution is 2.21. The molecule has 60 valence electrons. The predicted molar refractivity (Wildman–Crippen MR) is 36.9 cm³/mol. The fraction of sp³-hybridized carbons (Fsp3) is 1.00. The maximum Gasteiger partial charge on any atom is 0.109 e. The fourth-order valence-electron chi connectivity index (χ4n) is 1.13. The van der Waals surface area contributed by atoms with Gasteiger partial charge in [0, 0.05) is 20.1 Å². The van der Waals surface area contributed by atoms with Crippen LogP contribution in [0.2, 0.25) is 0 Å². The summed E-state index contributed by atoms with van der Waals surface area (Å²) in [5, 5.41) is 9.63. The third kappa shape index (κ3) is 1.48. The van der Waals surface area contributed by atoms with Gasteiger partial charge >= 0.3 is 0 Å². The Balaban J connectivity index is 2.51. The van der Waals surface area contributed by atoms with E-state index in [1.165, 1.54) is 0 Å². The average molecular weight is 146 g/mol. The number of hydrogen-bond acceptors (Lipinski definition) is 3. The lowest BCUT2D eigenvalue weighted by Crippen LogP contribution is -2.48. The van der Waals surface area contributed by atoms with Crippen LogP contribution < -0.4 is 0 Å². The minimum atomic E-state index is -0.701. The monoisotopic (exact) mass is 146 g/mol. The summed E-state index contributed by atoms with van der Waals surface area (Å²) < 4.78 is 10.2. The first-order valence-electron chi connectivity index (χ1n) is 3.50. The summed E-state index contributed by atoms with van der Waals surface area (Å²) >= 11 is 0. The predicted octanol–water partition coefficient (Wildman–Crippen LogP) is 0.173. The van der Waals surface area contributed by atoms with Gasteiger partial charge in [0.1, 0.15) is 6.10 Å². The maximum absolute atomic E-state index is 9.63. The average Bonchev–Trinajstić information content (AvgIpc) is 1.87. The molecule has 0 saturated carbocycles. The zero-order chi connectivity index (χ0) is 7.61. The van der Waals surface area contributed by atoms with Crippen molar-refractivity contribution in [2.45, 2.75) is 25.0 Å². The first-order valence-corrected chi connectivity index (χ1v) is 3.50. The van der Waals surface area contributed by atoms with E-state index in [9.17, 15) is 5.11 Å². The highest BCUT2D eigenvalue weighted by Gasteiger charge is 2.34. The molecule has 0 aliphatic carbocycles. The summed E-state index contributed by atoms with van der Waals surface area (Å²) in [6.45, 7) is 2.92. The van der Waals surface area contributed by atoms with Crippen LogP contribution in [0.15, 0.2) is 0 Å². The lowest BCUT2D eigenvalue weighted by molar-refractivity contribution is -0.155. The number of hydrogen-bond donors (Lipinski definition) is 1. The topological polar surface area (TPSA) is 38.7 Å². The Kier molecular flexibility index (Phi) is 2.28. The molecule has 0 unspecified atom stereocenters. The Hall–Kier alpha value is -0.120. The summed E-state index contributed by atoms with van der Waals surface area (Å²) in [6.07, 6.45) is 0.493. The number of ether oxygens (including phenoxy) is 2. The standard InChI is InChI=1S/C7H14O3/c1-7(8)3-4-10-5-6(7)9-2/h6,8H,3-5H2,1-2H3/t6-,7-/m0/s1. The molecular formula is C7H14O3. The second-order valence-corrected chi connectivity index (χ2v) is 2.91. The summed E-state index contributed by atoms with van der Waals surface area (Å²) in [5.41, 5.74) is -0.701. The molecule has 1 N–H and O–H groups in total. The number of rotatable bonds is 1. The second-order valence-electron chi connectivity index (χ2n) is 2.91. The van der Waals surface area contributed by atoms with Crippen LogP contribution in [0.5, 0.6) is 0 Å². The maximum atomic E-state index is 9.63. The van der Waals surface area contributed by atoms with E-state index in [-0.39, 0.29) is 6.10 Å². The molecule has 0 aromatic carbocycles. The van der Waals surface area contributed by atoms with Crippen molar-refractivity contribution < 1.29 is 14.6 Å². The van der Waals surface area contributed by atoms with Crippen LogP contribution in [0.3, 0.4) is 0 Å². The Morgan fingerprint density at radius 1 is 1.70 bits per heavy atom. The van der Waals surface area contributed by atoms with Gasteiger partial charge in [0.15, 0.2) is 0 Å². The van der Waals surface area contributed by atoms with E-state index in [0.717, 1.165) is 0 Å². The summed E-state index contributed by atoms with van der Waals surface area (Å²) in [5.74, 6) is 0. The molecule has 10 heavy (non-hydrogen) atoms. The zero-order valence-corrected chi connectivity index (χ0v) is 6.46. The normalized spacial score (nSPS) is 41.7. The van der Waals surface area contributed by atoms with Crippen molar-refractivity contribution in [2.24, 2.45) is 0 Å². The summed E-state index contributed by atoms with van der Waals surface area (Å²) in [6, 6.07) is 0. The van der Waals surface area contributed by atoms with E-state index < -0.39 is 5.60 Å². The number of aliphatic hydroxyl groups is 1. The van der Waals surface area contributed by atoms with Gasteiger partial charge in [-0.1, -0.05) is 0 Å². The Morgan fingerprint density at radius 2 is 2.40 bits per heavy atom. The third-order valence-corrected chi connectivity index (χ3v) is 2.00. The van der Waals surface area contributed by atoms with E-state index >= 15 is 0 Å². The van der Waals surface area contributed by atoms with Gasteiger partial charge in [-0.05, 0) is 6.92 Å². The quantitative estimate of drug-likeness (QED) is 0.573. The molecule has 0 bridgehead atoms. The first kappa shape index (κ1) is 7.98. The van der Waals surface area contributed by atoms with Crippen molar-refractivity contribution in [3.05, 3.63) is 0 Å². The molecular weight excluding hydrogens is 132 g/mol. The largest absolute Gasteiger partial charge is 0.387 e. The Bertz CT molecular complexity index is 111. The van der Waals surface area contributed by atoms with Crippen LogP contribution in [0.4, 0.5) is 0 Å². The lowest BCUT2D eigenvalue weighted by atomic mass is 9.94. The molecule has 0 radical (unpaired) electrons. The van der Waals surface area contributed by atoms with Crippen molar-refractivity contribution in [3.63, 3.8) is 0 Å². The van der Waals surface area contributed by atoms with Crippen LogP contribution in [-0.4, -0.2) is 37.1 Å². The molecule has 1 heterocycles. The van der Waals surface area contributed by atoms with Crippen molar-refractivity contribution in [1.82, 2.24) is 0 Å². The van der Waals surface area contributed by atoms with Gasteiger partial charge in [-0.3, -0.25) is 0 Å². The summed E-state index contributed by atoms with van der Waals surface area (Å²) in [7, 11) is 1.59. The molecule has 0 aromatic rings. The summed E-state index contributed by atoms with van der Waals surface area (Å²) in [4.78, 5) is 0. The van der Waals surface area contributed by atoms with Crippen LogP contribution in [0, 0.1) is 0 Å². The van der Waals surface area contributed by atoms with Crippen LogP contribution in [0.1, 0.15) is 13.3 Å². The zero-order valence-electron chi connectivity index (χ0n) is 6.46. The highest BCUT2D eigenvalue weighted by molar-refractivity contribution is 4.85. The third-order valence-electron chi connectivity index (χ3n) is 2.00. The molecule has 1 aliphatic heterocycles. The van der Waals surface area contributed by atoms with Gasteiger partial charge in [0.05, 0.1) is 12.2 Å². The molecule has 1 saturated heterocycles. The van der Waals surface area contributed by atoms with Gasteiger partial charge in [-0.2, -0.15) is 0 Å². The van der Waals surface area contributed by atoms with Gasteiger partial charge in [0.25, 0.3) is 0 Å². The minimum Gasteiger partial charge on any atom is -0.387 e. The Morgan fingerprint density at radius 3 is 2.80 bits per heavy atom. The lowest BCUT2D eigenvalue weighted by Gasteiger charge is -2.35. The van der Waals surface area contributed by atoms with Crippen LogP contribution in [0.25, 0.3) is 0 Å². The molecule has 2 atom stereocenters. The Labute approximate surface area is 60.9 Å². The molecule has 3 heteroatoms. The van der Waals surface area contributed by atoms with Crippen molar-refractivity contribution in [2.75, 3.05) is 20.3 Å². The minimum absolute atomic E-state index is 0.166. The van der Waals surface area contributed by atoms with Gasteiger partial charge < -0.3 is 14.6 Å². The smallest absolute Gasteiger partial charge is 0.109 e. The SMILES string of the molecule is CO[C@H]1COCC[C@]1(C)O. The molecule has 0 amide bonds. The molecule has 3 nitrogen and oxygen atoms in total. The van der Waals surface area contributed by atoms with E-state index in [0.29, 0.717) is 19.6 Å². The number of methoxy groups -OCH3 is 1. The van der Waals surface area contributed by atoms with E-state index in [1.807, 2.05) is 0 Å². The van der Waals surface area contributed by atoms with Crippen molar-refractivity contribution >= 4 is 0 Å². The van der Waals surface area contributed by atoms with Gasteiger partial charge in [-0.15, -0.1) is 0 Å². The highest BCUT2D eigenvalue weighted by atomic mass is 16.5. The molecule has 0 spiro atoms. The van der Waals surface area contributed by atoms with Crippen molar-refractivity contribution in [3.8, 4) is 0 Å². The van der Waals surface area contributed by atoms with Gasteiger partial charge in [-0.25, -0.2) is 0 Å². The second kappa shape index (κ2) is 2.86. The molecule has 1 rings (SSSR count). The first-order chi connectivity index (χ1) is 4.67. The van der Waals surface area contributed by atoms with E-state index in [1.54, 1.807) is 14.0 Å². The van der Waals surface area contributed by atoms with Crippen LogP contribution >= 0.6 is 0 Å². The van der Waals surface area contributed by atoms with Gasteiger partial charge in [0.2, 0.25) is 0 Å². The van der Waals surface area contributed by atoms with Crippen molar-refractivity contribution in [1.29, 1.82) is 0 Å². The fourth-order valence-corrected chi connectivity index (χ4v) is 1.13. The molecule has 1 aliphatic rings. The van der Waals surface area contributed by atoms with E-state index in [4.69, 9.17) is 9.47 Å². The molecule has 0 aromatic heterocycles. The molecule has 1 fully saturated rings.